The third-order valence-electron chi connectivity index (χ3n) is 5.90. The molecule has 0 saturated heterocycles. The molecule has 3 aromatic heterocycles. The highest BCUT2D eigenvalue weighted by molar-refractivity contribution is 7.24. The van der Waals surface area contributed by atoms with Crippen LogP contribution < -0.4 is 0 Å². The van der Waals surface area contributed by atoms with Gasteiger partial charge in [-0.15, -0.1) is 11.3 Å². The van der Waals surface area contributed by atoms with E-state index in [4.69, 9.17) is 0 Å². The van der Waals surface area contributed by atoms with Crippen molar-refractivity contribution >= 4 is 59.1 Å². The summed E-state index contributed by atoms with van der Waals surface area (Å²) in [6, 6.07) is 35.1. The molecule has 0 saturated carbocycles. The molecule has 2 nitrogen and oxygen atoms in total. The molecule has 0 atom stereocenters. The molecule has 0 bridgehead atoms. The summed E-state index contributed by atoms with van der Waals surface area (Å²) >= 11 is 1.87. The smallest absolute Gasteiger partial charge is 0.101 e. The second-order valence-electron chi connectivity index (χ2n) is 7.50. The topological polar surface area (TPSA) is 9.34 Å². The van der Waals surface area contributed by atoms with E-state index < -0.39 is 0 Å². The standard InChI is InChI=1S/C26H16N2S/c1-2-9-18(10-3-1)27-22-13-7-5-11-19(22)20-15-24-25(16-23(20)27)29-26-14-17-8-4-6-12-21(17)28(24)26/h1-16H. The molecule has 0 fully saturated rings. The Balaban J connectivity index is 1.70. The Hall–Kier alpha value is -3.56. The maximum atomic E-state index is 2.41. The van der Waals surface area contributed by atoms with E-state index in [9.17, 15) is 0 Å². The minimum Gasteiger partial charge on any atom is -0.309 e. The largest absolute Gasteiger partial charge is 0.309 e. The van der Waals surface area contributed by atoms with Gasteiger partial charge in [-0.25, -0.2) is 0 Å². The normalized spacial score (nSPS) is 12.1. The van der Waals surface area contributed by atoms with E-state index in [1.807, 2.05) is 11.3 Å². The molecule has 0 N–H and O–H groups in total. The molecule has 29 heavy (non-hydrogen) atoms. The van der Waals surface area contributed by atoms with Crippen LogP contribution in [0.5, 0.6) is 0 Å². The van der Waals surface area contributed by atoms with E-state index >= 15 is 0 Å². The summed E-state index contributed by atoms with van der Waals surface area (Å²) in [4.78, 5) is 1.30. The average Bonchev–Trinajstić information content (AvgIpc) is 3.40. The van der Waals surface area contributed by atoms with E-state index in [0.717, 1.165) is 0 Å². The van der Waals surface area contributed by atoms with Crippen LogP contribution in [0.4, 0.5) is 0 Å². The molecule has 0 spiro atoms. The first-order valence-corrected chi connectivity index (χ1v) is 10.6. The molecule has 7 rings (SSSR count). The Kier molecular flexibility index (Phi) is 2.91. The highest BCUT2D eigenvalue weighted by Gasteiger charge is 2.16. The van der Waals surface area contributed by atoms with Gasteiger partial charge in [0.2, 0.25) is 0 Å². The van der Waals surface area contributed by atoms with Crippen LogP contribution >= 0.6 is 11.3 Å². The third kappa shape index (κ3) is 2.00. The summed E-state index contributed by atoms with van der Waals surface area (Å²) in [5, 5.41) is 3.89. The molecule has 3 heterocycles. The van der Waals surface area contributed by atoms with E-state index in [2.05, 4.69) is 106 Å². The van der Waals surface area contributed by atoms with Gasteiger partial charge in [-0.3, -0.25) is 4.40 Å². The fraction of sp³-hybridized carbons (Fsp3) is 0. The van der Waals surface area contributed by atoms with Gasteiger partial charge in [0.05, 0.1) is 26.8 Å². The maximum Gasteiger partial charge on any atom is 0.101 e. The lowest BCUT2D eigenvalue weighted by atomic mass is 10.1. The quantitative estimate of drug-likeness (QED) is 0.277. The van der Waals surface area contributed by atoms with Crippen LogP contribution in [-0.2, 0) is 0 Å². The molecule has 0 aliphatic rings. The SMILES string of the molecule is c1ccc(-n2c3ccccc3c3cc4c(cc32)sc2cc3ccccc3n24)cc1. The first-order chi connectivity index (χ1) is 14.4. The predicted molar refractivity (Wildman–Crippen MR) is 125 cm³/mol. The Morgan fingerprint density at radius 1 is 0.552 bits per heavy atom. The fourth-order valence-electron chi connectivity index (χ4n) is 4.66. The number of para-hydroxylation sites is 3. The molecule has 0 radical (unpaired) electrons. The summed E-state index contributed by atoms with van der Waals surface area (Å²) in [7, 11) is 0. The first kappa shape index (κ1) is 15.4. The molecule has 4 aromatic carbocycles. The monoisotopic (exact) mass is 388 g/mol. The Labute approximate surface area is 170 Å². The lowest BCUT2D eigenvalue weighted by molar-refractivity contribution is 1.18. The van der Waals surface area contributed by atoms with Crippen molar-refractivity contribution in [3.05, 3.63) is 97.1 Å². The number of benzene rings is 4. The zero-order valence-electron chi connectivity index (χ0n) is 15.5. The van der Waals surface area contributed by atoms with Gasteiger partial charge in [0.15, 0.2) is 0 Å². The summed E-state index contributed by atoms with van der Waals surface area (Å²) in [5.74, 6) is 0. The second kappa shape index (κ2) is 5.49. The van der Waals surface area contributed by atoms with E-state index in [1.54, 1.807) is 0 Å². The first-order valence-electron chi connectivity index (χ1n) is 9.80. The zero-order chi connectivity index (χ0) is 18.9. The Bertz CT molecular complexity index is 1700. The van der Waals surface area contributed by atoms with E-state index in [0.29, 0.717) is 0 Å². The van der Waals surface area contributed by atoms with Crippen LogP contribution in [0.15, 0.2) is 97.1 Å². The van der Waals surface area contributed by atoms with Crippen molar-refractivity contribution in [2.45, 2.75) is 0 Å². The van der Waals surface area contributed by atoms with Crippen LogP contribution in [0.2, 0.25) is 0 Å². The Morgan fingerprint density at radius 2 is 1.31 bits per heavy atom. The fourth-order valence-corrected chi connectivity index (χ4v) is 5.79. The molecule has 7 aromatic rings. The van der Waals surface area contributed by atoms with Crippen LogP contribution in [0.1, 0.15) is 0 Å². The summed E-state index contributed by atoms with van der Waals surface area (Å²) in [5.41, 5.74) is 6.28. The van der Waals surface area contributed by atoms with Crippen LogP contribution in [-0.4, -0.2) is 8.97 Å². The Morgan fingerprint density at radius 3 is 2.21 bits per heavy atom. The van der Waals surface area contributed by atoms with Gasteiger partial charge in [-0.2, -0.15) is 0 Å². The molecule has 0 aliphatic heterocycles. The summed E-state index contributed by atoms with van der Waals surface area (Å²) in [6.45, 7) is 0. The summed E-state index contributed by atoms with van der Waals surface area (Å²) in [6.07, 6.45) is 0. The number of fused-ring (bicyclic) bond motifs is 8. The number of rotatable bonds is 1. The van der Waals surface area contributed by atoms with E-state index in [1.165, 1.54) is 53.4 Å². The molecular weight excluding hydrogens is 372 g/mol. The van der Waals surface area contributed by atoms with Crippen molar-refractivity contribution in [3.63, 3.8) is 0 Å². The van der Waals surface area contributed by atoms with Gasteiger partial charge in [-0.1, -0.05) is 54.6 Å². The highest BCUT2D eigenvalue weighted by atomic mass is 32.1. The maximum absolute atomic E-state index is 2.41. The van der Waals surface area contributed by atoms with Gasteiger partial charge in [-0.05, 0) is 42.5 Å². The van der Waals surface area contributed by atoms with Crippen LogP contribution in [0.3, 0.4) is 0 Å². The molecule has 0 amide bonds. The summed E-state index contributed by atoms with van der Waals surface area (Å²) < 4.78 is 6.11. The highest BCUT2D eigenvalue weighted by Crippen LogP contribution is 2.39. The predicted octanol–water partition coefficient (Wildman–Crippen LogP) is 7.40. The van der Waals surface area contributed by atoms with Crippen molar-refractivity contribution in [1.29, 1.82) is 0 Å². The van der Waals surface area contributed by atoms with E-state index in [-0.39, 0.29) is 0 Å². The van der Waals surface area contributed by atoms with Gasteiger partial charge >= 0.3 is 0 Å². The average molecular weight is 388 g/mol. The number of aromatic nitrogens is 2. The molecular formula is C26H16N2S. The minimum atomic E-state index is 1.20. The number of thiazole rings is 1. The lowest BCUT2D eigenvalue weighted by Crippen LogP contribution is -1.92. The van der Waals surface area contributed by atoms with Crippen molar-refractivity contribution in [2.24, 2.45) is 0 Å². The van der Waals surface area contributed by atoms with Gasteiger partial charge in [0.1, 0.15) is 4.83 Å². The second-order valence-corrected chi connectivity index (χ2v) is 8.57. The van der Waals surface area contributed by atoms with Crippen molar-refractivity contribution in [1.82, 2.24) is 8.97 Å². The van der Waals surface area contributed by atoms with Crippen LogP contribution in [0, 0.1) is 0 Å². The van der Waals surface area contributed by atoms with Crippen molar-refractivity contribution < 1.29 is 0 Å². The number of hydrogen-bond acceptors (Lipinski definition) is 1. The van der Waals surface area contributed by atoms with Gasteiger partial charge in [0.25, 0.3) is 0 Å². The van der Waals surface area contributed by atoms with Gasteiger partial charge in [0, 0.05) is 21.8 Å². The van der Waals surface area contributed by atoms with Gasteiger partial charge < -0.3 is 4.57 Å². The molecule has 136 valence electrons. The number of nitrogens with zero attached hydrogens (tertiary/aromatic N) is 2. The molecule has 3 heteroatoms. The molecule has 0 unspecified atom stereocenters. The lowest BCUT2D eigenvalue weighted by Gasteiger charge is -2.07. The number of hydrogen-bond donors (Lipinski definition) is 0. The van der Waals surface area contributed by atoms with Crippen molar-refractivity contribution in [2.75, 3.05) is 0 Å². The molecule has 0 aliphatic carbocycles. The minimum absolute atomic E-state index is 1.20. The third-order valence-corrected chi connectivity index (χ3v) is 6.96. The zero-order valence-corrected chi connectivity index (χ0v) is 16.4. The van der Waals surface area contributed by atoms with Crippen LogP contribution in [0.25, 0.3) is 53.4 Å². The van der Waals surface area contributed by atoms with Crippen molar-refractivity contribution in [3.8, 4) is 5.69 Å².